The van der Waals surface area contributed by atoms with Crippen LogP contribution in [0.15, 0.2) is 24.3 Å². The summed E-state index contributed by atoms with van der Waals surface area (Å²) in [6, 6.07) is 3.57. The molecule has 7 nitrogen and oxygen atoms in total. The van der Waals surface area contributed by atoms with Crippen LogP contribution in [-0.2, 0) is 25.2 Å². The van der Waals surface area contributed by atoms with E-state index in [-0.39, 0.29) is 25.3 Å². The Hall–Kier alpha value is -2.01. The first-order valence-corrected chi connectivity index (χ1v) is 10.6. The molecule has 0 bridgehead atoms. The molecule has 11 heteroatoms. The zero-order valence-corrected chi connectivity index (χ0v) is 17.3. The maximum absolute atomic E-state index is 12.7. The lowest BCUT2D eigenvalue weighted by molar-refractivity contribution is -0.137. The van der Waals surface area contributed by atoms with Crippen molar-refractivity contribution >= 4 is 16.2 Å². The molecule has 2 rings (SSSR count). The lowest BCUT2D eigenvalue weighted by atomic mass is 10.2. The average Bonchev–Trinajstić information content (AvgIpc) is 2.93. The number of hydrogen-bond acceptors (Lipinski definition) is 6. The minimum atomic E-state index is -4.45. The second-order valence-corrected chi connectivity index (χ2v) is 9.42. The lowest BCUT2D eigenvalue weighted by Gasteiger charge is -2.28. The molecule has 0 aromatic heterocycles. The van der Waals surface area contributed by atoms with Crippen molar-refractivity contribution in [3.63, 3.8) is 0 Å². The fourth-order valence-corrected chi connectivity index (χ4v) is 3.18. The fourth-order valence-electron chi connectivity index (χ4n) is 2.78. The Kier molecular flexibility index (Phi) is 6.73. The van der Waals surface area contributed by atoms with Crippen LogP contribution in [-0.4, -0.2) is 56.6 Å². The molecular formula is C18H24F3NO6S. The van der Waals surface area contributed by atoms with Gasteiger partial charge in [-0.3, -0.25) is 9.08 Å². The summed E-state index contributed by atoms with van der Waals surface area (Å²) in [6.07, 6.45) is -4.54. The molecule has 0 spiro atoms. The van der Waals surface area contributed by atoms with Crippen LogP contribution in [0.2, 0.25) is 0 Å². The third kappa shape index (κ3) is 7.39. The van der Waals surface area contributed by atoms with E-state index in [1.54, 1.807) is 20.8 Å². The molecule has 0 radical (unpaired) electrons. The minimum absolute atomic E-state index is 0.0771. The molecule has 1 aromatic rings. The van der Waals surface area contributed by atoms with E-state index in [0.717, 1.165) is 18.4 Å². The maximum atomic E-state index is 12.7. The van der Waals surface area contributed by atoms with Crippen molar-refractivity contribution < 1.29 is 40.0 Å². The van der Waals surface area contributed by atoms with Crippen molar-refractivity contribution in [2.45, 2.75) is 51.1 Å². The van der Waals surface area contributed by atoms with E-state index in [4.69, 9.17) is 13.7 Å². The standard InChI is InChI=1S/C18H24F3NO6S/c1-17(2,3)28-16(23)22-10-15(9-13(22)11-26-29(4,24)25)27-14-7-5-12(6-8-14)18(19,20)21/h5-8,13,15H,9-11H2,1-4H3/t13-,15+/m0/s1. The molecule has 1 aromatic carbocycles. The van der Waals surface area contributed by atoms with E-state index < -0.39 is 45.7 Å². The summed E-state index contributed by atoms with van der Waals surface area (Å²) in [7, 11) is -3.72. The van der Waals surface area contributed by atoms with E-state index in [1.807, 2.05) is 0 Å². The first-order chi connectivity index (χ1) is 13.1. The van der Waals surface area contributed by atoms with Gasteiger partial charge in [0.25, 0.3) is 10.1 Å². The predicted octanol–water partition coefficient (Wildman–Crippen LogP) is 3.44. The Morgan fingerprint density at radius 1 is 1.17 bits per heavy atom. The molecule has 164 valence electrons. The Morgan fingerprint density at radius 2 is 1.76 bits per heavy atom. The number of carbonyl (C=O) groups is 1. The van der Waals surface area contributed by atoms with Crippen molar-refractivity contribution in [2.75, 3.05) is 19.4 Å². The van der Waals surface area contributed by atoms with Gasteiger partial charge in [-0.1, -0.05) is 0 Å². The maximum Gasteiger partial charge on any atom is 0.416 e. The number of halogens is 3. The largest absolute Gasteiger partial charge is 0.489 e. The number of amides is 1. The highest BCUT2D eigenvalue weighted by Crippen LogP contribution is 2.31. The monoisotopic (exact) mass is 439 g/mol. The molecule has 1 aliphatic heterocycles. The molecule has 0 unspecified atom stereocenters. The zero-order chi connectivity index (χ0) is 22.0. The van der Waals surface area contributed by atoms with Crippen LogP contribution < -0.4 is 4.74 Å². The molecule has 0 N–H and O–H groups in total. The van der Waals surface area contributed by atoms with Gasteiger partial charge in [0, 0.05) is 6.42 Å². The Morgan fingerprint density at radius 3 is 2.24 bits per heavy atom. The van der Waals surface area contributed by atoms with Crippen LogP contribution in [0, 0.1) is 0 Å². The molecule has 29 heavy (non-hydrogen) atoms. The summed E-state index contributed by atoms with van der Waals surface area (Å²) in [5, 5.41) is 0. The number of alkyl halides is 3. The van der Waals surface area contributed by atoms with Gasteiger partial charge in [0.05, 0.1) is 31.0 Å². The molecule has 0 saturated carbocycles. The van der Waals surface area contributed by atoms with Gasteiger partial charge in [0.15, 0.2) is 0 Å². The van der Waals surface area contributed by atoms with E-state index in [9.17, 15) is 26.4 Å². The SMILES string of the molecule is CC(C)(C)OC(=O)N1C[C@H](Oc2ccc(C(F)(F)F)cc2)C[C@H]1COS(C)(=O)=O. The predicted molar refractivity (Wildman–Crippen MR) is 98.0 cm³/mol. The summed E-state index contributed by atoms with van der Waals surface area (Å²) in [4.78, 5) is 13.8. The van der Waals surface area contributed by atoms with Gasteiger partial charge in [-0.25, -0.2) is 4.79 Å². The van der Waals surface area contributed by atoms with Crippen LogP contribution in [0.3, 0.4) is 0 Å². The summed E-state index contributed by atoms with van der Waals surface area (Å²) < 4.78 is 76.5. The number of benzene rings is 1. The molecule has 2 atom stereocenters. The first kappa shape index (κ1) is 23.3. The van der Waals surface area contributed by atoms with Crippen LogP contribution in [0.5, 0.6) is 5.75 Å². The highest BCUT2D eigenvalue weighted by atomic mass is 32.2. The van der Waals surface area contributed by atoms with Gasteiger partial charge >= 0.3 is 12.3 Å². The van der Waals surface area contributed by atoms with Crippen molar-refractivity contribution in [2.24, 2.45) is 0 Å². The number of rotatable bonds is 5. The number of likely N-dealkylation sites (tertiary alicyclic amines) is 1. The smallest absolute Gasteiger partial charge is 0.416 e. The number of hydrogen-bond donors (Lipinski definition) is 0. The van der Waals surface area contributed by atoms with E-state index >= 15 is 0 Å². The van der Waals surface area contributed by atoms with Gasteiger partial charge in [0.1, 0.15) is 17.5 Å². The van der Waals surface area contributed by atoms with Crippen LogP contribution >= 0.6 is 0 Å². The summed E-state index contributed by atoms with van der Waals surface area (Å²) >= 11 is 0. The van der Waals surface area contributed by atoms with Gasteiger partial charge < -0.3 is 9.47 Å². The summed E-state index contributed by atoms with van der Waals surface area (Å²) in [5.41, 5.74) is -1.56. The topological polar surface area (TPSA) is 82.1 Å². The lowest BCUT2D eigenvalue weighted by Crippen LogP contribution is -2.42. The highest BCUT2D eigenvalue weighted by Gasteiger charge is 2.39. The molecule has 1 saturated heterocycles. The van der Waals surface area contributed by atoms with Gasteiger partial charge in [-0.15, -0.1) is 0 Å². The fraction of sp³-hybridized carbons (Fsp3) is 0.611. The molecule has 1 heterocycles. The highest BCUT2D eigenvalue weighted by molar-refractivity contribution is 7.85. The molecule has 1 fully saturated rings. The van der Waals surface area contributed by atoms with Gasteiger partial charge in [-0.05, 0) is 45.0 Å². The number of ether oxygens (including phenoxy) is 2. The molecule has 1 amide bonds. The Labute approximate surface area is 167 Å². The van der Waals surface area contributed by atoms with Crippen molar-refractivity contribution in [3.05, 3.63) is 29.8 Å². The number of carbonyl (C=O) groups excluding carboxylic acids is 1. The van der Waals surface area contributed by atoms with Crippen molar-refractivity contribution in [1.82, 2.24) is 4.90 Å². The quantitative estimate of drug-likeness (QED) is 0.654. The second-order valence-electron chi connectivity index (χ2n) is 7.77. The first-order valence-electron chi connectivity index (χ1n) is 8.82. The van der Waals surface area contributed by atoms with Crippen molar-refractivity contribution in [1.29, 1.82) is 0 Å². The summed E-state index contributed by atoms with van der Waals surface area (Å²) in [6.45, 7) is 4.89. The second kappa shape index (κ2) is 8.39. The average molecular weight is 439 g/mol. The van der Waals surface area contributed by atoms with Crippen LogP contribution in [0.1, 0.15) is 32.8 Å². The minimum Gasteiger partial charge on any atom is -0.489 e. The Balaban J connectivity index is 2.10. The van der Waals surface area contributed by atoms with Crippen LogP contribution in [0.4, 0.5) is 18.0 Å². The van der Waals surface area contributed by atoms with Gasteiger partial charge in [-0.2, -0.15) is 21.6 Å². The third-order valence-corrected chi connectivity index (χ3v) is 4.53. The molecule has 1 aliphatic rings. The van der Waals surface area contributed by atoms with Crippen LogP contribution in [0.25, 0.3) is 0 Å². The van der Waals surface area contributed by atoms with E-state index in [0.29, 0.717) is 0 Å². The summed E-state index contributed by atoms with van der Waals surface area (Å²) in [5.74, 6) is 0.205. The van der Waals surface area contributed by atoms with Crippen molar-refractivity contribution in [3.8, 4) is 5.75 Å². The number of nitrogens with zero attached hydrogens (tertiary/aromatic N) is 1. The molecule has 0 aliphatic carbocycles. The van der Waals surface area contributed by atoms with Gasteiger partial charge in [0.2, 0.25) is 0 Å². The Bertz CT molecular complexity index is 817. The third-order valence-electron chi connectivity index (χ3n) is 3.96. The normalized spacial score (nSPS) is 20.6. The van der Waals surface area contributed by atoms with E-state index in [2.05, 4.69) is 0 Å². The zero-order valence-electron chi connectivity index (χ0n) is 16.5. The molecular weight excluding hydrogens is 415 g/mol. The van der Waals surface area contributed by atoms with E-state index in [1.165, 1.54) is 17.0 Å².